The van der Waals surface area contributed by atoms with Crippen LogP contribution in [0.2, 0.25) is 0 Å². The van der Waals surface area contributed by atoms with Crippen LogP contribution in [0.1, 0.15) is 38.3 Å². The van der Waals surface area contributed by atoms with Crippen LogP contribution in [0.4, 0.5) is 8.78 Å². The molecule has 3 heteroatoms. The van der Waals surface area contributed by atoms with Crippen LogP contribution in [0.3, 0.4) is 0 Å². The third-order valence-electron chi connectivity index (χ3n) is 2.33. The van der Waals surface area contributed by atoms with Crippen LogP contribution >= 0.6 is 0 Å². The van der Waals surface area contributed by atoms with Crippen LogP contribution in [0.25, 0.3) is 0 Å². The zero-order valence-corrected chi connectivity index (χ0v) is 9.47. The van der Waals surface area contributed by atoms with Gasteiger partial charge in [0.25, 0.3) is 6.43 Å². The number of ether oxygens (including phenoxy) is 1. The zero-order chi connectivity index (χ0) is 11.6. The van der Waals surface area contributed by atoms with Gasteiger partial charge in [0.15, 0.2) is 0 Å². The molecule has 0 bridgehead atoms. The van der Waals surface area contributed by atoms with Gasteiger partial charge in [0, 0.05) is 0 Å². The molecule has 0 aliphatic rings. The molecule has 0 fully saturated rings. The van der Waals surface area contributed by atoms with Crippen molar-refractivity contribution in [2.75, 3.05) is 7.11 Å². The van der Waals surface area contributed by atoms with E-state index in [0.29, 0.717) is 0 Å². The Balaban J connectivity index is 3.19. The monoisotopic (exact) mass is 214 g/mol. The van der Waals surface area contributed by atoms with Crippen molar-refractivity contribution in [3.05, 3.63) is 29.3 Å². The molecule has 0 aliphatic heterocycles. The molecule has 0 atom stereocenters. The SMILES string of the molecule is COc1cc(C(C)(C)C)ccc1C(F)F. The van der Waals surface area contributed by atoms with Gasteiger partial charge in [-0.3, -0.25) is 0 Å². The number of hydrogen-bond donors (Lipinski definition) is 0. The summed E-state index contributed by atoms with van der Waals surface area (Å²) in [6.45, 7) is 6.09. The second-order valence-corrected chi connectivity index (χ2v) is 4.51. The fourth-order valence-corrected chi connectivity index (χ4v) is 1.36. The summed E-state index contributed by atoms with van der Waals surface area (Å²) in [4.78, 5) is 0. The van der Waals surface area contributed by atoms with E-state index in [1.807, 2.05) is 20.8 Å². The zero-order valence-electron chi connectivity index (χ0n) is 9.47. The van der Waals surface area contributed by atoms with Crippen molar-refractivity contribution >= 4 is 0 Å². The first-order valence-corrected chi connectivity index (χ1v) is 4.83. The lowest BCUT2D eigenvalue weighted by Gasteiger charge is -2.20. The standard InChI is InChI=1S/C12H16F2O/c1-12(2,3)8-5-6-9(11(13)14)10(7-8)15-4/h5-7,11H,1-4H3. The minimum atomic E-state index is -2.49. The molecule has 1 rings (SSSR count). The van der Waals surface area contributed by atoms with Crippen LogP contribution in [0, 0.1) is 0 Å². The molecule has 1 aromatic carbocycles. The van der Waals surface area contributed by atoms with E-state index in [1.54, 1.807) is 12.1 Å². The molecule has 0 saturated heterocycles. The molecule has 0 unspecified atom stereocenters. The van der Waals surface area contributed by atoms with Crippen molar-refractivity contribution in [1.29, 1.82) is 0 Å². The molecule has 1 aromatic rings. The first kappa shape index (κ1) is 12.0. The van der Waals surface area contributed by atoms with E-state index < -0.39 is 6.43 Å². The van der Waals surface area contributed by atoms with Crippen molar-refractivity contribution in [1.82, 2.24) is 0 Å². The summed E-state index contributed by atoms with van der Waals surface area (Å²) in [6.07, 6.45) is -2.49. The average molecular weight is 214 g/mol. The summed E-state index contributed by atoms with van der Waals surface area (Å²) in [5.41, 5.74) is 0.878. The maximum Gasteiger partial charge on any atom is 0.267 e. The van der Waals surface area contributed by atoms with Gasteiger partial charge >= 0.3 is 0 Å². The molecule has 0 aromatic heterocycles. The third kappa shape index (κ3) is 2.67. The van der Waals surface area contributed by atoms with Gasteiger partial charge in [0.1, 0.15) is 5.75 Å². The van der Waals surface area contributed by atoms with Crippen LogP contribution in [0.5, 0.6) is 5.75 Å². The van der Waals surface area contributed by atoms with Crippen molar-refractivity contribution in [2.24, 2.45) is 0 Å². The number of methoxy groups -OCH3 is 1. The predicted octanol–water partition coefficient (Wildman–Crippen LogP) is 3.93. The van der Waals surface area contributed by atoms with E-state index in [0.717, 1.165) is 5.56 Å². The lowest BCUT2D eigenvalue weighted by molar-refractivity contribution is 0.147. The van der Waals surface area contributed by atoms with Gasteiger partial charge in [0.05, 0.1) is 12.7 Å². The maximum absolute atomic E-state index is 12.6. The summed E-state index contributed by atoms with van der Waals surface area (Å²) in [5.74, 6) is 0.262. The highest BCUT2D eigenvalue weighted by molar-refractivity contribution is 5.40. The molecule has 0 saturated carbocycles. The molecule has 1 nitrogen and oxygen atoms in total. The minimum Gasteiger partial charge on any atom is -0.496 e. The Labute approximate surface area is 89.1 Å². The van der Waals surface area contributed by atoms with Gasteiger partial charge in [0.2, 0.25) is 0 Å². The molecule has 0 heterocycles. The Kier molecular flexibility index (Phi) is 3.32. The maximum atomic E-state index is 12.6. The fourth-order valence-electron chi connectivity index (χ4n) is 1.36. The lowest BCUT2D eigenvalue weighted by Crippen LogP contribution is -2.11. The molecule has 84 valence electrons. The van der Waals surface area contributed by atoms with Crippen molar-refractivity contribution in [3.8, 4) is 5.75 Å². The summed E-state index contributed by atoms with van der Waals surface area (Å²) in [7, 11) is 1.41. The van der Waals surface area contributed by atoms with E-state index in [9.17, 15) is 8.78 Å². The highest BCUT2D eigenvalue weighted by atomic mass is 19.3. The summed E-state index contributed by atoms with van der Waals surface area (Å²) >= 11 is 0. The summed E-state index contributed by atoms with van der Waals surface area (Å²) in [5, 5.41) is 0. The predicted molar refractivity (Wildman–Crippen MR) is 56.7 cm³/mol. The number of halogens is 2. The van der Waals surface area contributed by atoms with Crippen LogP contribution < -0.4 is 4.74 Å². The average Bonchev–Trinajstić information content (AvgIpc) is 2.15. The normalized spacial score (nSPS) is 11.9. The molecule has 0 amide bonds. The Morgan fingerprint density at radius 3 is 2.20 bits per heavy atom. The minimum absolute atomic E-state index is 0.0505. The van der Waals surface area contributed by atoms with E-state index in [2.05, 4.69) is 0 Å². The molecule has 0 N–H and O–H groups in total. The molecule has 0 radical (unpaired) electrons. The van der Waals surface area contributed by atoms with Gasteiger partial charge in [-0.15, -0.1) is 0 Å². The Morgan fingerprint density at radius 1 is 1.20 bits per heavy atom. The second-order valence-electron chi connectivity index (χ2n) is 4.51. The topological polar surface area (TPSA) is 9.23 Å². The molecule has 15 heavy (non-hydrogen) atoms. The van der Waals surface area contributed by atoms with E-state index >= 15 is 0 Å². The van der Waals surface area contributed by atoms with Crippen molar-refractivity contribution in [2.45, 2.75) is 32.6 Å². The Morgan fingerprint density at radius 2 is 1.80 bits per heavy atom. The number of benzene rings is 1. The van der Waals surface area contributed by atoms with Gasteiger partial charge in [-0.05, 0) is 23.1 Å². The van der Waals surface area contributed by atoms with Crippen molar-refractivity contribution < 1.29 is 13.5 Å². The summed E-state index contributed by atoms with van der Waals surface area (Å²) < 4.78 is 30.1. The Hall–Kier alpha value is -1.12. The van der Waals surface area contributed by atoms with Gasteiger partial charge in [-0.25, -0.2) is 8.78 Å². The van der Waals surface area contributed by atoms with E-state index in [1.165, 1.54) is 13.2 Å². The highest BCUT2D eigenvalue weighted by Crippen LogP contribution is 2.33. The van der Waals surface area contributed by atoms with E-state index in [-0.39, 0.29) is 16.7 Å². The first-order chi connectivity index (χ1) is 6.86. The van der Waals surface area contributed by atoms with Crippen molar-refractivity contribution in [3.63, 3.8) is 0 Å². The first-order valence-electron chi connectivity index (χ1n) is 4.83. The lowest BCUT2D eigenvalue weighted by atomic mass is 9.86. The third-order valence-corrected chi connectivity index (χ3v) is 2.33. The van der Waals surface area contributed by atoms with E-state index in [4.69, 9.17) is 4.74 Å². The van der Waals surface area contributed by atoms with Gasteiger partial charge < -0.3 is 4.74 Å². The smallest absolute Gasteiger partial charge is 0.267 e. The van der Waals surface area contributed by atoms with Crippen LogP contribution in [-0.4, -0.2) is 7.11 Å². The van der Waals surface area contributed by atoms with Gasteiger partial charge in [-0.2, -0.15) is 0 Å². The number of hydrogen-bond acceptors (Lipinski definition) is 1. The molecule has 0 spiro atoms. The number of rotatable bonds is 2. The highest BCUT2D eigenvalue weighted by Gasteiger charge is 2.19. The molecular formula is C12H16F2O. The second kappa shape index (κ2) is 4.17. The van der Waals surface area contributed by atoms with Crippen LogP contribution in [0.15, 0.2) is 18.2 Å². The quantitative estimate of drug-likeness (QED) is 0.724. The molecule has 0 aliphatic carbocycles. The largest absolute Gasteiger partial charge is 0.496 e. The Bertz CT molecular complexity index is 340. The number of alkyl halides is 2. The summed E-state index contributed by atoms with van der Waals surface area (Å²) in [6, 6.07) is 4.84. The fraction of sp³-hybridized carbons (Fsp3) is 0.500. The molecular weight excluding hydrogens is 198 g/mol. The van der Waals surface area contributed by atoms with Crippen LogP contribution in [-0.2, 0) is 5.41 Å². The van der Waals surface area contributed by atoms with Gasteiger partial charge in [-0.1, -0.05) is 26.8 Å².